The zero-order chi connectivity index (χ0) is 12.7. The second-order valence-electron chi connectivity index (χ2n) is 4.06. The van der Waals surface area contributed by atoms with Crippen LogP contribution in [0, 0.1) is 6.92 Å². The summed E-state index contributed by atoms with van der Waals surface area (Å²) in [5, 5.41) is 0. The largest absolute Gasteiger partial charge is 0.380 e. The predicted octanol–water partition coefficient (Wildman–Crippen LogP) is 2.32. The van der Waals surface area contributed by atoms with Crippen LogP contribution in [0.25, 0.3) is 0 Å². The van der Waals surface area contributed by atoms with E-state index in [1.807, 2.05) is 6.92 Å². The molecule has 0 aliphatic heterocycles. The van der Waals surface area contributed by atoms with Gasteiger partial charge in [0.25, 0.3) is 0 Å². The van der Waals surface area contributed by atoms with E-state index in [1.165, 1.54) is 16.8 Å². The van der Waals surface area contributed by atoms with Crippen molar-refractivity contribution in [1.29, 1.82) is 0 Å². The molecule has 96 valence electrons. The van der Waals surface area contributed by atoms with Gasteiger partial charge in [0.05, 0.1) is 6.61 Å². The van der Waals surface area contributed by atoms with Gasteiger partial charge in [0.2, 0.25) is 0 Å². The maximum absolute atomic E-state index is 5.81. The van der Waals surface area contributed by atoms with Gasteiger partial charge in [-0.15, -0.1) is 0 Å². The average Bonchev–Trinajstić information content (AvgIpc) is 2.35. The molecule has 0 radical (unpaired) electrons. The molecule has 3 nitrogen and oxygen atoms in total. The smallest absolute Gasteiger partial charge is 0.0641 e. The number of nitrogens with two attached hydrogens (primary N) is 1. The lowest BCUT2D eigenvalue weighted by Gasteiger charge is -2.27. The maximum atomic E-state index is 5.81. The van der Waals surface area contributed by atoms with Gasteiger partial charge < -0.3 is 15.4 Å². The first-order valence-corrected chi connectivity index (χ1v) is 6.35. The highest BCUT2D eigenvalue weighted by Gasteiger charge is 2.11. The third-order valence-electron chi connectivity index (χ3n) is 2.95. The molecule has 0 unspecified atom stereocenters. The zero-order valence-corrected chi connectivity index (χ0v) is 11.2. The standard InChI is InChI=1S/C14H24N2O/c1-4-16(9-10-17-5-2)14-12(3)7-6-8-13(14)11-15/h6-8H,4-5,9-11,15H2,1-3H3. The molecule has 0 saturated carbocycles. The molecule has 0 atom stereocenters. The summed E-state index contributed by atoms with van der Waals surface area (Å²) in [4.78, 5) is 2.34. The van der Waals surface area contributed by atoms with E-state index in [-0.39, 0.29) is 0 Å². The minimum atomic E-state index is 0.585. The lowest BCUT2D eigenvalue weighted by Crippen LogP contribution is -2.29. The van der Waals surface area contributed by atoms with E-state index in [0.29, 0.717) is 6.54 Å². The molecule has 1 rings (SSSR count). The van der Waals surface area contributed by atoms with E-state index >= 15 is 0 Å². The Hall–Kier alpha value is -1.06. The van der Waals surface area contributed by atoms with Gasteiger partial charge in [0.15, 0.2) is 0 Å². The van der Waals surface area contributed by atoms with Gasteiger partial charge in [-0.05, 0) is 31.9 Å². The molecular formula is C14H24N2O. The Kier molecular flexibility index (Phi) is 6.01. The van der Waals surface area contributed by atoms with Crippen molar-refractivity contribution < 1.29 is 4.74 Å². The van der Waals surface area contributed by atoms with Crippen LogP contribution < -0.4 is 10.6 Å². The molecule has 17 heavy (non-hydrogen) atoms. The molecular weight excluding hydrogens is 212 g/mol. The summed E-state index contributed by atoms with van der Waals surface area (Å²) >= 11 is 0. The normalized spacial score (nSPS) is 10.6. The molecule has 0 bridgehead atoms. The van der Waals surface area contributed by atoms with E-state index in [1.54, 1.807) is 0 Å². The molecule has 0 spiro atoms. The first-order valence-electron chi connectivity index (χ1n) is 6.35. The maximum Gasteiger partial charge on any atom is 0.0641 e. The number of ether oxygens (including phenoxy) is 1. The van der Waals surface area contributed by atoms with Crippen LogP contribution in [-0.4, -0.2) is 26.3 Å². The van der Waals surface area contributed by atoms with Crippen LogP contribution in [0.1, 0.15) is 25.0 Å². The van der Waals surface area contributed by atoms with Crippen LogP contribution in [-0.2, 0) is 11.3 Å². The lowest BCUT2D eigenvalue weighted by atomic mass is 10.1. The highest BCUT2D eigenvalue weighted by atomic mass is 16.5. The van der Waals surface area contributed by atoms with Crippen molar-refractivity contribution >= 4 is 5.69 Å². The van der Waals surface area contributed by atoms with Crippen molar-refractivity contribution in [3.8, 4) is 0 Å². The topological polar surface area (TPSA) is 38.5 Å². The molecule has 1 aromatic carbocycles. The van der Waals surface area contributed by atoms with Crippen molar-refractivity contribution in [1.82, 2.24) is 0 Å². The molecule has 0 amide bonds. The van der Waals surface area contributed by atoms with Crippen LogP contribution in [0.3, 0.4) is 0 Å². The number of hydrogen-bond donors (Lipinski definition) is 1. The Morgan fingerprint density at radius 2 is 2.06 bits per heavy atom. The second kappa shape index (κ2) is 7.30. The highest BCUT2D eigenvalue weighted by molar-refractivity contribution is 5.59. The summed E-state index contributed by atoms with van der Waals surface area (Å²) in [6.45, 7) is 10.3. The summed E-state index contributed by atoms with van der Waals surface area (Å²) in [6, 6.07) is 6.31. The monoisotopic (exact) mass is 236 g/mol. The zero-order valence-electron chi connectivity index (χ0n) is 11.2. The average molecular weight is 236 g/mol. The summed E-state index contributed by atoms with van der Waals surface area (Å²) < 4.78 is 5.43. The van der Waals surface area contributed by atoms with Gasteiger partial charge in [0.1, 0.15) is 0 Å². The third-order valence-corrected chi connectivity index (χ3v) is 2.95. The minimum Gasteiger partial charge on any atom is -0.380 e. The molecule has 0 fully saturated rings. The Balaban J connectivity index is 2.86. The number of hydrogen-bond acceptors (Lipinski definition) is 3. The van der Waals surface area contributed by atoms with E-state index in [4.69, 9.17) is 10.5 Å². The molecule has 0 aliphatic carbocycles. The van der Waals surface area contributed by atoms with Gasteiger partial charge in [-0.1, -0.05) is 18.2 Å². The number of aryl methyl sites for hydroxylation is 1. The number of rotatable bonds is 7. The summed E-state index contributed by atoms with van der Waals surface area (Å²) in [5.74, 6) is 0. The van der Waals surface area contributed by atoms with Crippen molar-refractivity contribution in [2.24, 2.45) is 5.73 Å². The Morgan fingerprint density at radius 1 is 1.29 bits per heavy atom. The van der Waals surface area contributed by atoms with Crippen LogP contribution >= 0.6 is 0 Å². The Labute approximate surface area is 105 Å². The number of likely N-dealkylation sites (N-methyl/N-ethyl adjacent to an activating group) is 1. The summed E-state index contributed by atoms with van der Waals surface area (Å²) in [6.07, 6.45) is 0. The van der Waals surface area contributed by atoms with Crippen molar-refractivity contribution in [2.45, 2.75) is 27.3 Å². The molecule has 2 N–H and O–H groups in total. The highest BCUT2D eigenvalue weighted by Crippen LogP contribution is 2.24. The van der Waals surface area contributed by atoms with E-state index in [0.717, 1.165) is 26.3 Å². The van der Waals surface area contributed by atoms with Crippen LogP contribution in [0.2, 0.25) is 0 Å². The summed E-state index contributed by atoms with van der Waals surface area (Å²) in [7, 11) is 0. The molecule has 0 aliphatic rings. The quantitative estimate of drug-likeness (QED) is 0.738. The van der Waals surface area contributed by atoms with Gasteiger partial charge in [0, 0.05) is 31.9 Å². The van der Waals surface area contributed by atoms with Gasteiger partial charge in [-0.25, -0.2) is 0 Å². The van der Waals surface area contributed by atoms with Gasteiger partial charge >= 0.3 is 0 Å². The first kappa shape index (κ1) is 14.0. The second-order valence-corrected chi connectivity index (χ2v) is 4.06. The molecule has 0 heterocycles. The number of benzene rings is 1. The fourth-order valence-electron chi connectivity index (χ4n) is 2.08. The first-order chi connectivity index (χ1) is 8.24. The third kappa shape index (κ3) is 3.72. The Bertz CT molecular complexity index is 339. The van der Waals surface area contributed by atoms with Crippen molar-refractivity contribution in [3.63, 3.8) is 0 Å². The fourth-order valence-corrected chi connectivity index (χ4v) is 2.08. The van der Waals surface area contributed by atoms with E-state index in [2.05, 4.69) is 36.9 Å². The lowest BCUT2D eigenvalue weighted by molar-refractivity contribution is 0.154. The SMILES string of the molecule is CCOCCN(CC)c1c(C)cccc1CN. The van der Waals surface area contributed by atoms with Crippen molar-refractivity contribution in [2.75, 3.05) is 31.2 Å². The van der Waals surface area contributed by atoms with E-state index < -0.39 is 0 Å². The number of anilines is 1. The fraction of sp³-hybridized carbons (Fsp3) is 0.571. The van der Waals surface area contributed by atoms with E-state index in [9.17, 15) is 0 Å². The summed E-state index contributed by atoms with van der Waals surface area (Å²) in [5.41, 5.74) is 9.58. The van der Waals surface area contributed by atoms with Gasteiger partial charge in [-0.2, -0.15) is 0 Å². The van der Waals surface area contributed by atoms with Crippen LogP contribution in [0.4, 0.5) is 5.69 Å². The van der Waals surface area contributed by atoms with Gasteiger partial charge in [-0.3, -0.25) is 0 Å². The van der Waals surface area contributed by atoms with Crippen LogP contribution in [0.5, 0.6) is 0 Å². The number of nitrogens with zero attached hydrogens (tertiary/aromatic N) is 1. The molecule has 0 aromatic heterocycles. The Morgan fingerprint density at radius 3 is 2.65 bits per heavy atom. The number of para-hydroxylation sites is 1. The van der Waals surface area contributed by atoms with Crippen LogP contribution in [0.15, 0.2) is 18.2 Å². The molecule has 3 heteroatoms. The molecule has 0 saturated heterocycles. The predicted molar refractivity (Wildman–Crippen MR) is 73.5 cm³/mol. The minimum absolute atomic E-state index is 0.585. The molecule has 1 aromatic rings. The van der Waals surface area contributed by atoms with Crippen molar-refractivity contribution in [3.05, 3.63) is 29.3 Å².